The molecule has 0 atom stereocenters. The van der Waals surface area contributed by atoms with E-state index in [9.17, 15) is 0 Å². The van der Waals surface area contributed by atoms with Crippen LogP contribution in [0.15, 0.2) is 65.2 Å². The first-order valence-electron chi connectivity index (χ1n) is 7.79. The van der Waals surface area contributed by atoms with Crippen molar-refractivity contribution in [2.24, 2.45) is 0 Å². The van der Waals surface area contributed by atoms with E-state index in [1.54, 1.807) is 0 Å². The summed E-state index contributed by atoms with van der Waals surface area (Å²) in [6.45, 7) is 3.04. The Morgan fingerprint density at radius 2 is 1.74 bits per heavy atom. The third-order valence-corrected chi connectivity index (χ3v) is 4.02. The fraction of sp³-hybridized carbons (Fsp3) is 0.158. The van der Waals surface area contributed by atoms with E-state index in [4.69, 9.17) is 4.42 Å². The number of para-hydroxylation sites is 1. The van der Waals surface area contributed by atoms with E-state index in [0.29, 0.717) is 18.2 Å². The molecule has 4 rings (SSSR count). The van der Waals surface area contributed by atoms with Gasteiger partial charge in [0.25, 0.3) is 0 Å². The highest BCUT2D eigenvalue weighted by molar-refractivity contribution is 5.93. The zero-order valence-corrected chi connectivity index (χ0v) is 12.9. The van der Waals surface area contributed by atoms with Crippen molar-refractivity contribution in [3.63, 3.8) is 0 Å². The van der Waals surface area contributed by atoms with Gasteiger partial charge in [-0.15, -0.1) is 10.2 Å². The molecule has 0 aliphatic carbocycles. The quantitative estimate of drug-likeness (QED) is 0.564. The van der Waals surface area contributed by atoms with Gasteiger partial charge in [0.15, 0.2) is 0 Å². The highest BCUT2D eigenvalue weighted by Crippen LogP contribution is 2.30. The fourth-order valence-electron chi connectivity index (χ4n) is 2.88. The Labute approximate surface area is 134 Å². The third-order valence-electron chi connectivity index (χ3n) is 4.02. The van der Waals surface area contributed by atoms with Crippen molar-refractivity contribution in [2.75, 3.05) is 0 Å². The van der Waals surface area contributed by atoms with Crippen LogP contribution in [0.5, 0.6) is 0 Å². The molecule has 0 spiro atoms. The third kappa shape index (κ3) is 2.52. The number of fused-ring (bicyclic) bond motifs is 1. The lowest BCUT2D eigenvalue weighted by molar-refractivity contribution is 0.518. The first kappa shape index (κ1) is 13.8. The highest BCUT2D eigenvalue weighted by Gasteiger charge is 2.15. The maximum atomic E-state index is 5.90. The average Bonchev–Trinajstić information content (AvgIpc) is 3.20. The molecule has 0 aliphatic rings. The monoisotopic (exact) mass is 303 g/mol. The number of nitrogens with zero attached hydrogens (tertiary/aromatic N) is 3. The molecule has 0 N–H and O–H groups in total. The van der Waals surface area contributed by atoms with Crippen LogP contribution in [0.3, 0.4) is 0 Å². The lowest BCUT2D eigenvalue weighted by atomic mass is 10.1. The molecule has 0 unspecified atom stereocenters. The van der Waals surface area contributed by atoms with Crippen LogP contribution in [0.25, 0.3) is 22.4 Å². The van der Waals surface area contributed by atoms with Gasteiger partial charge >= 0.3 is 0 Å². The summed E-state index contributed by atoms with van der Waals surface area (Å²) in [6, 6.07) is 18.5. The second-order valence-electron chi connectivity index (χ2n) is 5.51. The number of benzene rings is 2. The lowest BCUT2D eigenvalue weighted by Crippen LogP contribution is -1.89. The molecule has 0 saturated heterocycles. The zero-order valence-electron chi connectivity index (χ0n) is 12.9. The molecule has 2 aromatic carbocycles. The predicted molar refractivity (Wildman–Crippen MR) is 90.2 cm³/mol. The van der Waals surface area contributed by atoms with E-state index >= 15 is 0 Å². The van der Waals surface area contributed by atoms with Crippen LogP contribution < -0.4 is 0 Å². The van der Waals surface area contributed by atoms with Gasteiger partial charge in [0.2, 0.25) is 11.8 Å². The molecule has 23 heavy (non-hydrogen) atoms. The zero-order chi connectivity index (χ0) is 15.6. The van der Waals surface area contributed by atoms with E-state index in [0.717, 1.165) is 17.5 Å². The Morgan fingerprint density at radius 3 is 2.57 bits per heavy atom. The molecule has 0 radical (unpaired) electrons. The van der Waals surface area contributed by atoms with Gasteiger partial charge in [-0.2, -0.15) is 0 Å². The molecule has 4 aromatic rings. The normalized spacial score (nSPS) is 11.2. The van der Waals surface area contributed by atoms with Gasteiger partial charge in [-0.1, -0.05) is 48.5 Å². The molecule has 0 aliphatic heterocycles. The molecular weight excluding hydrogens is 286 g/mol. The first-order chi connectivity index (χ1) is 11.3. The number of aromatic nitrogens is 3. The summed E-state index contributed by atoms with van der Waals surface area (Å²) in [5.74, 6) is 1.22. The van der Waals surface area contributed by atoms with Crippen LogP contribution in [0.1, 0.15) is 18.4 Å². The maximum absolute atomic E-state index is 5.90. The van der Waals surface area contributed by atoms with Crippen molar-refractivity contribution in [3.05, 3.63) is 72.2 Å². The second kappa shape index (κ2) is 5.72. The highest BCUT2D eigenvalue weighted by atomic mass is 16.4. The molecule has 114 valence electrons. The van der Waals surface area contributed by atoms with Gasteiger partial charge in [-0.3, -0.25) is 0 Å². The Bertz CT molecular complexity index is 938. The summed E-state index contributed by atoms with van der Waals surface area (Å²) in [4.78, 5) is 0. The summed E-state index contributed by atoms with van der Waals surface area (Å²) in [5.41, 5.74) is 3.35. The van der Waals surface area contributed by atoms with E-state index < -0.39 is 0 Å². The summed E-state index contributed by atoms with van der Waals surface area (Å²) >= 11 is 0. The smallest absolute Gasteiger partial charge is 0.249 e. The Balaban J connectivity index is 1.72. The van der Waals surface area contributed by atoms with E-state index in [1.165, 1.54) is 11.1 Å². The number of rotatable bonds is 4. The maximum Gasteiger partial charge on any atom is 0.249 e. The van der Waals surface area contributed by atoms with E-state index in [1.807, 2.05) is 30.3 Å². The van der Waals surface area contributed by atoms with Crippen molar-refractivity contribution in [1.29, 1.82) is 0 Å². The molecular formula is C19H17N3O. The minimum Gasteiger partial charge on any atom is -0.420 e. The van der Waals surface area contributed by atoms with Crippen LogP contribution in [0.2, 0.25) is 0 Å². The summed E-state index contributed by atoms with van der Waals surface area (Å²) in [6.07, 6.45) is 2.74. The van der Waals surface area contributed by atoms with Crippen molar-refractivity contribution in [2.45, 2.75) is 19.9 Å². The molecule has 0 amide bonds. The van der Waals surface area contributed by atoms with Gasteiger partial charge in [0, 0.05) is 23.6 Å². The Hall–Kier alpha value is -2.88. The molecule has 4 heteroatoms. The minimum atomic E-state index is 0.583. The Kier molecular flexibility index (Phi) is 3.42. The fourth-order valence-corrected chi connectivity index (χ4v) is 2.88. The lowest BCUT2D eigenvalue weighted by Gasteiger charge is -1.97. The first-order valence-corrected chi connectivity index (χ1v) is 7.79. The largest absolute Gasteiger partial charge is 0.420 e. The van der Waals surface area contributed by atoms with E-state index in [2.05, 4.69) is 52.2 Å². The van der Waals surface area contributed by atoms with Crippen molar-refractivity contribution in [1.82, 2.24) is 14.8 Å². The predicted octanol–water partition coefficient (Wildman–Crippen LogP) is 4.30. The van der Waals surface area contributed by atoms with Gasteiger partial charge in [-0.25, -0.2) is 0 Å². The number of aryl methyl sites for hydroxylation is 1. The minimum absolute atomic E-state index is 0.583. The summed E-state index contributed by atoms with van der Waals surface area (Å²) in [7, 11) is 0. The second-order valence-corrected chi connectivity index (χ2v) is 5.51. The van der Waals surface area contributed by atoms with Crippen LogP contribution in [0.4, 0.5) is 0 Å². The SMILES string of the molecule is CCn1cc(-c2nnc(Cc3ccccc3)o2)c2ccccc21. The van der Waals surface area contributed by atoms with Gasteiger partial charge < -0.3 is 8.98 Å². The number of hydrogen-bond donors (Lipinski definition) is 0. The van der Waals surface area contributed by atoms with Crippen molar-refractivity contribution >= 4 is 10.9 Å². The summed E-state index contributed by atoms with van der Waals surface area (Å²) < 4.78 is 8.10. The van der Waals surface area contributed by atoms with Crippen LogP contribution in [-0.2, 0) is 13.0 Å². The number of hydrogen-bond acceptors (Lipinski definition) is 3. The molecule has 4 nitrogen and oxygen atoms in total. The van der Waals surface area contributed by atoms with Crippen LogP contribution in [-0.4, -0.2) is 14.8 Å². The Morgan fingerprint density at radius 1 is 0.957 bits per heavy atom. The standard InChI is InChI=1S/C19H17N3O/c1-2-22-13-16(15-10-6-7-11-17(15)22)19-21-20-18(23-19)12-14-8-4-3-5-9-14/h3-11,13H,2,12H2,1H3. The van der Waals surface area contributed by atoms with Crippen molar-refractivity contribution < 1.29 is 4.42 Å². The topological polar surface area (TPSA) is 43.9 Å². The van der Waals surface area contributed by atoms with Gasteiger partial charge in [0.05, 0.1) is 12.0 Å². The molecule has 2 aromatic heterocycles. The van der Waals surface area contributed by atoms with Crippen molar-refractivity contribution in [3.8, 4) is 11.5 Å². The molecule has 0 bridgehead atoms. The average molecular weight is 303 g/mol. The van der Waals surface area contributed by atoms with Gasteiger partial charge in [0.1, 0.15) is 0 Å². The van der Waals surface area contributed by atoms with Crippen LogP contribution >= 0.6 is 0 Å². The molecule has 0 fully saturated rings. The van der Waals surface area contributed by atoms with Crippen LogP contribution in [0, 0.1) is 0 Å². The molecule has 0 saturated carbocycles. The van der Waals surface area contributed by atoms with E-state index in [-0.39, 0.29) is 0 Å². The summed E-state index contributed by atoms with van der Waals surface area (Å²) in [5, 5.41) is 9.60. The van der Waals surface area contributed by atoms with Gasteiger partial charge in [-0.05, 0) is 18.6 Å². The molecule has 2 heterocycles.